The second-order valence-corrected chi connectivity index (χ2v) is 10.1. The van der Waals surface area contributed by atoms with Gasteiger partial charge in [0.15, 0.2) is 11.5 Å². The molecule has 3 heterocycles. The van der Waals surface area contributed by atoms with Gasteiger partial charge in [-0.15, -0.1) is 0 Å². The number of esters is 1. The number of fused-ring (bicyclic) bond motifs is 2. The van der Waals surface area contributed by atoms with Gasteiger partial charge >= 0.3 is 5.97 Å². The van der Waals surface area contributed by atoms with Crippen molar-refractivity contribution in [3.05, 3.63) is 87.3 Å². The molecule has 1 fully saturated rings. The van der Waals surface area contributed by atoms with Gasteiger partial charge in [-0.05, 0) is 61.0 Å². The Bertz CT molecular complexity index is 1660. The Morgan fingerprint density at radius 2 is 1.63 bits per heavy atom. The van der Waals surface area contributed by atoms with Crippen molar-refractivity contribution in [3.63, 3.8) is 0 Å². The van der Waals surface area contributed by atoms with Gasteiger partial charge in [-0.1, -0.05) is 6.07 Å². The van der Waals surface area contributed by atoms with Gasteiger partial charge in [0.05, 0.1) is 23.6 Å². The molecule has 0 bridgehead atoms. The van der Waals surface area contributed by atoms with E-state index in [4.69, 9.17) is 23.4 Å². The average molecular weight is 559 g/mol. The van der Waals surface area contributed by atoms with Crippen LogP contribution in [-0.2, 0) is 17.8 Å². The third-order valence-corrected chi connectivity index (χ3v) is 7.45. The smallest absolute Gasteiger partial charge is 0.337 e. The van der Waals surface area contributed by atoms with Gasteiger partial charge in [0.2, 0.25) is 18.0 Å². The van der Waals surface area contributed by atoms with Crippen molar-refractivity contribution in [2.45, 2.75) is 20.0 Å². The number of ether oxygens (including phenoxy) is 4. The summed E-state index contributed by atoms with van der Waals surface area (Å²) in [6.45, 7) is 6.48. The molecular formula is C31H30N2O8. The number of carbonyl (C=O) groups excluding carboxylic acids is 1. The second kappa shape index (κ2) is 11.1. The summed E-state index contributed by atoms with van der Waals surface area (Å²) in [5.41, 5.74) is 2.13. The molecule has 0 unspecified atom stereocenters. The van der Waals surface area contributed by atoms with Gasteiger partial charge in [-0.2, -0.15) is 0 Å². The molecule has 41 heavy (non-hydrogen) atoms. The van der Waals surface area contributed by atoms with Crippen LogP contribution in [0.4, 0.5) is 0 Å². The van der Waals surface area contributed by atoms with E-state index < -0.39 is 5.97 Å². The lowest BCUT2D eigenvalue weighted by atomic mass is 10.1. The highest BCUT2D eigenvalue weighted by atomic mass is 16.7. The predicted molar refractivity (Wildman–Crippen MR) is 150 cm³/mol. The summed E-state index contributed by atoms with van der Waals surface area (Å²) in [6.07, 6.45) is 0. The van der Waals surface area contributed by atoms with Crippen molar-refractivity contribution >= 4 is 16.9 Å². The van der Waals surface area contributed by atoms with Crippen LogP contribution in [0.2, 0.25) is 0 Å². The third kappa shape index (κ3) is 5.44. The van der Waals surface area contributed by atoms with Crippen LogP contribution in [0.5, 0.6) is 28.7 Å². The molecule has 0 atom stereocenters. The van der Waals surface area contributed by atoms with E-state index in [2.05, 4.69) is 15.9 Å². The largest absolute Gasteiger partial charge is 0.507 e. The molecule has 0 radical (unpaired) electrons. The molecule has 10 nitrogen and oxygen atoms in total. The minimum Gasteiger partial charge on any atom is -0.507 e. The number of nitrogens with zero attached hydrogens (tertiary/aromatic N) is 2. The fourth-order valence-corrected chi connectivity index (χ4v) is 5.19. The summed E-state index contributed by atoms with van der Waals surface area (Å²) in [4.78, 5) is 29.8. The molecular weight excluding hydrogens is 528 g/mol. The van der Waals surface area contributed by atoms with Gasteiger partial charge in [0, 0.05) is 39.3 Å². The summed E-state index contributed by atoms with van der Waals surface area (Å²) >= 11 is 0. The number of piperazine rings is 1. The van der Waals surface area contributed by atoms with Gasteiger partial charge in [0.1, 0.15) is 22.8 Å². The van der Waals surface area contributed by atoms with E-state index in [1.54, 1.807) is 37.3 Å². The van der Waals surface area contributed by atoms with E-state index in [1.807, 2.05) is 12.1 Å². The number of phenols is 1. The minimum absolute atomic E-state index is 0.0529. The van der Waals surface area contributed by atoms with Gasteiger partial charge in [-0.3, -0.25) is 14.6 Å². The number of aromatic hydroxyl groups is 1. The summed E-state index contributed by atoms with van der Waals surface area (Å²) in [7, 11) is 1.31. The molecule has 0 amide bonds. The lowest BCUT2D eigenvalue weighted by molar-refractivity contribution is 0.0600. The molecule has 2 aliphatic heterocycles. The zero-order chi connectivity index (χ0) is 28.5. The molecule has 1 N–H and O–H groups in total. The van der Waals surface area contributed by atoms with E-state index in [-0.39, 0.29) is 23.7 Å². The summed E-state index contributed by atoms with van der Waals surface area (Å²) in [5.74, 6) is 1.91. The van der Waals surface area contributed by atoms with Crippen LogP contribution in [0.15, 0.2) is 63.8 Å². The Kier molecular flexibility index (Phi) is 7.25. The summed E-state index contributed by atoms with van der Waals surface area (Å²) < 4.78 is 27.6. The lowest BCUT2D eigenvalue weighted by Gasteiger charge is -2.34. The number of aryl methyl sites for hydroxylation is 1. The van der Waals surface area contributed by atoms with E-state index in [9.17, 15) is 14.7 Å². The summed E-state index contributed by atoms with van der Waals surface area (Å²) in [5, 5.41) is 11.1. The standard InChI is InChI=1S/C31H30N2O8/c1-19-29(41-22-6-4-21(5-7-22)31(36)37-2)28(35)23-8-9-25(34)24(30(23)40-19)17-33-13-11-32(12-14-33)16-20-3-10-26-27(15-20)39-18-38-26/h3-10,15,34H,11-14,16-18H2,1-2H3. The van der Waals surface area contributed by atoms with Crippen LogP contribution < -0.4 is 19.6 Å². The van der Waals surface area contributed by atoms with Gasteiger partial charge in [-0.25, -0.2) is 4.79 Å². The highest BCUT2D eigenvalue weighted by molar-refractivity contribution is 5.89. The maximum absolute atomic E-state index is 13.4. The first-order valence-electron chi connectivity index (χ1n) is 13.4. The number of hydrogen-bond acceptors (Lipinski definition) is 10. The first-order valence-corrected chi connectivity index (χ1v) is 13.4. The molecule has 2 aliphatic rings. The second-order valence-electron chi connectivity index (χ2n) is 10.1. The van der Waals surface area contributed by atoms with Crippen molar-refractivity contribution < 1.29 is 33.3 Å². The maximum atomic E-state index is 13.4. The van der Waals surface area contributed by atoms with Gasteiger partial charge in [0.25, 0.3) is 0 Å². The monoisotopic (exact) mass is 558 g/mol. The predicted octanol–water partition coefficient (Wildman–Crippen LogP) is 4.43. The Labute approximate surface area is 236 Å². The Morgan fingerprint density at radius 3 is 2.37 bits per heavy atom. The first-order chi connectivity index (χ1) is 19.9. The SMILES string of the molecule is COC(=O)c1ccc(Oc2c(C)oc3c(CN4CCN(Cc5ccc6c(c5)OCO6)CC4)c(O)ccc3c2=O)cc1. The molecule has 6 rings (SSSR count). The molecule has 4 aromatic rings. The summed E-state index contributed by atoms with van der Waals surface area (Å²) in [6, 6.07) is 15.4. The highest BCUT2D eigenvalue weighted by Crippen LogP contribution is 2.34. The minimum atomic E-state index is -0.462. The zero-order valence-electron chi connectivity index (χ0n) is 22.8. The highest BCUT2D eigenvalue weighted by Gasteiger charge is 2.23. The lowest BCUT2D eigenvalue weighted by Crippen LogP contribution is -2.45. The number of phenolic OH excluding ortho intramolecular Hbond substituents is 1. The molecule has 3 aromatic carbocycles. The number of rotatable bonds is 7. The van der Waals surface area contributed by atoms with E-state index in [0.29, 0.717) is 40.2 Å². The van der Waals surface area contributed by atoms with E-state index in [1.165, 1.54) is 18.7 Å². The Hall–Kier alpha value is -4.54. The number of carbonyl (C=O) groups is 1. The quantitative estimate of drug-likeness (QED) is 0.327. The van der Waals surface area contributed by atoms with Crippen LogP contribution >= 0.6 is 0 Å². The Morgan fingerprint density at radius 1 is 0.927 bits per heavy atom. The van der Waals surface area contributed by atoms with E-state index >= 15 is 0 Å². The normalized spacial score (nSPS) is 15.3. The van der Waals surface area contributed by atoms with Crippen molar-refractivity contribution in [3.8, 4) is 28.7 Å². The number of methoxy groups -OCH3 is 1. The van der Waals surface area contributed by atoms with Crippen LogP contribution in [-0.4, -0.2) is 61.0 Å². The van der Waals surface area contributed by atoms with Crippen molar-refractivity contribution in [1.82, 2.24) is 9.80 Å². The molecule has 212 valence electrons. The average Bonchev–Trinajstić information content (AvgIpc) is 3.46. The first kappa shape index (κ1) is 26.7. The third-order valence-electron chi connectivity index (χ3n) is 7.45. The van der Waals surface area contributed by atoms with Crippen molar-refractivity contribution in [1.29, 1.82) is 0 Å². The molecule has 10 heteroatoms. The van der Waals surface area contributed by atoms with Crippen LogP contribution in [0, 0.1) is 6.92 Å². The topological polar surface area (TPSA) is 111 Å². The number of benzene rings is 3. The maximum Gasteiger partial charge on any atom is 0.337 e. The van der Waals surface area contributed by atoms with Crippen molar-refractivity contribution in [2.75, 3.05) is 40.1 Å². The molecule has 0 aliphatic carbocycles. The Balaban J connectivity index is 1.16. The molecule has 0 spiro atoms. The molecule has 1 saturated heterocycles. The van der Waals surface area contributed by atoms with Crippen LogP contribution in [0.25, 0.3) is 11.0 Å². The zero-order valence-corrected chi connectivity index (χ0v) is 22.8. The molecule has 1 aromatic heterocycles. The fourth-order valence-electron chi connectivity index (χ4n) is 5.19. The molecule has 0 saturated carbocycles. The van der Waals surface area contributed by atoms with Crippen LogP contribution in [0.1, 0.15) is 27.2 Å². The van der Waals surface area contributed by atoms with E-state index in [0.717, 1.165) is 44.2 Å². The number of hydrogen-bond donors (Lipinski definition) is 1. The fraction of sp³-hybridized carbons (Fsp3) is 0.290. The van der Waals surface area contributed by atoms with Crippen molar-refractivity contribution in [2.24, 2.45) is 0 Å². The van der Waals surface area contributed by atoms with Gasteiger partial charge < -0.3 is 28.5 Å². The van der Waals surface area contributed by atoms with Crippen LogP contribution in [0.3, 0.4) is 0 Å².